The minimum Gasteiger partial charge on any atom is -0.390 e. The molecule has 1 rings (SSSR count). The normalized spacial score (nSPS) is 38.0. The van der Waals surface area contributed by atoms with Gasteiger partial charge in [-0.15, -0.1) is 0 Å². The molecule has 1 aliphatic heterocycles. The molecule has 2 atom stereocenters. The molecule has 0 saturated carbocycles. The van der Waals surface area contributed by atoms with Crippen LogP contribution in [0.15, 0.2) is 0 Å². The fourth-order valence-corrected chi connectivity index (χ4v) is 2.46. The fourth-order valence-electron chi connectivity index (χ4n) is 2.46. The molecule has 1 saturated heterocycles. The summed E-state index contributed by atoms with van der Waals surface area (Å²) < 4.78 is 5.65. The SMILES string of the molecule is CC1CC(O)(CCC(C)(C)C)CC(C)O1. The second-order valence-corrected chi connectivity index (χ2v) is 6.45. The maximum atomic E-state index is 10.5. The Morgan fingerprint density at radius 1 is 1.20 bits per heavy atom. The van der Waals surface area contributed by atoms with Gasteiger partial charge in [0.15, 0.2) is 0 Å². The van der Waals surface area contributed by atoms with Gasteiger partial charge in [-0.05, 0) is 32.1 Å². The summed E-state index contributed by atoms with van der Waals surface area (Å²) >= 11 is 0. The van der Waals surface area contributed by atoms with E-state index in [9.17, 15) is 5.11 Å². The van der Waals surface area contributed by atoms with Crippen LogP contribution in [0.1, 0.15) is 60.3 Å². The molecule has 1 heterocycles. The minimum absolute atomic E-state index is 0.193. The molecule has 90 valence electrons. The van der Waals surface area contributed by atoms with Gasteiger partial charge in [-0.1, -0.05) is 20.8 Å². The van der Waals surface area contributed by atoms with Crippen LogP contribution in [0.4, 0.5) is 0 Å². The maximum Gasteiger partial charge on any atom is 0.0697 e. The largest absolute Gasteiger partial charge is 0.390 e. The van der Waals surface area contributed by atoms with Crippen molar-refractivity contribution in [2.45, 2.75) is 78.1 Å². The maximum absolute atomic E-state index is 10.5. The van der Waals surface area contributed by atoms with Crippen molar-refractivity contribution >= 4 is 0 Å². The summed E-state index contributed by atoms with van der Waals surface area (Å²) in [7, 11) is 0. The van der Waals surface area contributed by atoms with E-state index >= 15 is 0 Å². The van der Waals surface area contributed by atoms with Gasteiger partial charge in [0.05, 0.1) is 17.8 Å². The second kappa shape index (κ2) is 4.42. The summed E-state index contributed by atoms with van der Waals surface area (Å²) in [6, 6.07) is 0. The molecule has 0 aromatic heterocycles. The van der Waals surface area contributed by atoms with Crippen LogP contribution in [-0.2, 0) is 4.74 Å². The molecule has 0 spiro atoms. The molecule has 0 radical (unpaired) electrons. The zero-order valence-electron chi connectivity index (χ0n) is 10.8. The van der Waals surface area contributed by atoms with Crippen molar-refractivity contribution in [2.75, 3.05) is 0 Å². The van der Waals surface area contributed by atoms with E-state index in [-0.39, 0.29) is 12.2 Å². The van der Waals surface area contributed by atoms with Gasteiger partial charge in [-0.25, -0.2) is 0 Å². The highest BCUT2D eigenvalue weighted by molar-refractivity contribution is 4.88. The van der Waals surface area contributed by atoms with Crippen molar-refractivity contribution < 1.29 is 9.84 Å². The van der Waals surface area contributed by atoms with Gasteiger partial charge < -0.3 is 9.84 Å². The Morgan fingerprint density at radius 3 is 2.07 bits per heavy atom. The van der Waals surface area contributed by atoms with E-state index < -0.39 is 5.60 Å². The molecule has 1 fully saturated rings. The van der Waals surface area contributed by atoms with Gasteiger partial charge in [0, 0.05) is 12.8 Å². The van der Waals surface area contributed by atoms with Crippen LogP contribution in [0, 0.1) is 5.41 Å². The molecular weight excluding hydrogens is 188 g/mol. The average molecular weight is 214 g/mol. The molecule has 0 aromatic carbocycles. The van der Waals surface area contributed by atoms with Crippen LogP contribution in [-0.4, -0.2) is 22.9 Å². The molecule has 2 heteroatoms. The molecule has 1 aliphatic rings. The summed E-state index contributed by atoms with van der Waals surface area (Å²) in [5.41, 5.74) is -0.190. The molecular formula is C13H26O2. The highest BCUT2D eigenvalue weighted by atomic mass is 16.5. The molecule has 0 amide bonds. The lowest BCUT2D eigenvalue weighted by atomic mass is 9.79. The highest BCUT2D eigenvalue weighted by Gasteiger charge is 2.37. The Bertz CT molecular complexity index is 195. The number of rotatable bonds is 2. The molecule has 0 aromatic rings. The van der Waals surface area contributed by atoms with Crippen molar-refractivity contribution in [3.8, 4) is 0 Å². The van der Waals surface area contributed by atoms with E-state index in [2.05, 4.69) is 34.6 Å². The first-order chi connectivity index (χ1) is 6.70. The van der Waals surface area contributed by atoms with Crippen molar-refractivity contribution in [1.29, 1.82) is 0 Å². The number of ether oxygens (including phenoxy) is 1. The Balaban J connectivity index is 2.50. The van der Waals surface area contributed by atoms with Crippen LogP contribution in [0.3, 0.4) is 0 Å². The first-order valence-corrected chi connectivity index (χ1v) is 6.08. The van der Waals surface area contributed by atoms with Gasteiger partial charge in [-0.3, -0.25) is 0 Å². The average Bonchev–Trinajstić information content (AvgIpc) is 1.97. The lowest BCUT2D eigenvalue weighted by Crippen LogP contribution is -2.43. The number of hydrogen-bond acceptors (Lipinski definition) is 2. The van der Waals surface area contributed by atoms with Gasteiger partial charge in [-0.2, -0.15) is 0 Å². The Labute approximate surface area is 94.0 Å². The Hall–Kier alpha value is -0.0800. The number of hydrogen-bond donors (Lipinski definition) is 1. The number of aliphatic hydroxyl groups is 1. The molecule has 1 N–H and O–H groups in total. The van der Waals surface area contributed by atoms with Crippen molar-refractivity contribution in [2.24, 2.45) is 5.41 Å². The third kappa shape index (κ3) is 4.52. The van der Waals surface area contributed by atoms with E-state index in [1.165, 1.54) is 0 Å². The second-order valence-electron chi connectivity index (χ2n) is 6.45. The van der Waals surface area contributed by atoms with E-state index in [4.69, 9.17) is 4.74 Å². The molecule has 2 unspecified atom stereocenters. The summed E-state index contributed by atoms with van der Waals surface area (Å²) in [4.78, 5) is 0. The van der Waals surface area contributed by atoms with E-state index in [0.29, 0.717) is 5.41 Å². The van der Waals surface area contributed by atoms with E-state index in [1.54, 1.807) is 0 Å². The summed E-state index contributed by atoms with van der Waals surface area (Å²) in [6.45, 7) is 10.8. The lowest BCUT2D eigenvalue weighted by Gasteiger charge is -2.40. The molecule has 0 bridgehead atoms. The van der Waals surface area contributed by atoms with Crippen LogP contribution < -0.4 is 0 Å². The van der Waals surface area contributed by atoms with Crippen LogP contribution in [0.25, 0.3) is 0 Å². The third-order valence-corrected chi connectivity index (χ3v) is 3.14. The predicted octanol–water partition coefficient (Wildman–Crippen LogP) is 3.13. The van der Waals surface area contributed by atoms with E-state index in [0.717, 1.165) is 25.7 Å². The van der Waals surface area contributed by atoms with Gasteiger partial charge in [0.1, 0.15) is 0 Å². The standard InChI is InChI=1S/C13H26O2/c1-10-8-13(14,9-11(2)15-10)7-6-12(3,4)5/h10-11,14H,6-9H2,1-5H3. The van der Waals surface area contributed by atoms with Crippen molar-refractivity contribution in [3.05, 3.63) is 0 Å². The Kier molecular flexibility index (Phi) is 3.83. The summed E-state index contributed by atoms with van der Waals surface area (Å²) in [5.74, 6) is 0. The van der Waals surface area contributed by atoms with Gasteiger partial charge in [0.25, 0.3) is 0 Å². The topological polar surface area (TPSA) is 29.5 Å². The van der Waals surface area contributed by atoms with Crippen LogP contribution in [0.5, 0.6) is 0 Å². The zero-order chi connectivity index (χ0) is 11.7. The zero-order valence-corrected chi connectivity index (χ0v) is 10.8. The van der Waals surface area contributed by atoms with Gasteiger partial charge in [0.2, 0.25) is 0 Å². The predicted molar refractivity (Wildman–Crippen MR) is 62.9 cm³/mol. The fraction of sp³-hybridized carbons (Fsp3) is 1.00. The molecule has 2 nitrogen and oxygen atoms in total. The third-order valence-electron chi connectivity index (χ3n) is 3.14. The minimum atomic E-state index is -0.496. The van der Waals surface area contributed by atoms with E-state index in [1.807, 2.05) is 0 Å². The summed E-state index contributed by atoms with van der Waals surface area (Å²) in [6.07, 6.45) is 3.93. The highest BCUT2D eigenvalue weighted by Crippen LogP contribution is 2.35. The first-order valence-electron chi connectivity index (χ1n) is 6.08. The van der Waals surface area contributed by atoms with Crippen molar-refractivity contribution in [1.82, 2.24) is 0 Å². The van der Waals surface area contributed by atoms with Crippen LogP contribution >= 0.6 is 0 Å². The quantitative estimate of drug-likeness (QED) is 0.765. The Morgan fingerprint density at radius 2 is 1.67 bits per heavy atom. The lowest BCUT2D eigenvalue weighted by molar-refractivity contribution is -0.136. The van der Waals surface area contributed by atoms with Crippen molar-refractivity contribution in [3.63, 3.8) is 0 Å². The summed E-state index contributed by atoms with van der Waals surface area (Å²) in [5, 5.41) is 10.5. The molecule has 15 heavy (non-hydrogen) atoms. The smallest absolute Gasteiger partial charge is 0.0697 e. The monoisotopic (exact) mass is 214 g/mol. The van der Waals surface area contributed by atoms with Gasteiger partial charge >= 0.3 is 0 Å². The van der Waals surface area contributed by atoms with Crippen LogP contribution in [0.2, 0.25) is 0 Å². The molecule has 0 aliphatic carbocycles. The first kappa shape index (κ1) is 13.0.